The van der Waals surface area contributed by atoms with Crippen LogP contribution in [0.25, 0.3) is 10.9 Å². The van der Waals surface area contributed by atoms with Gasteiger partial charge in [0.1, 0.15) is 5.82 Å². The predicted molar refractivity (Wildman–Crippen MR) is 120 cm³/mol. The van der Waals surface area contributed by atoms with Gasteiger partial charge < -0.3 is 9.88 Å². The maximum absolute atomic E-state index is 14.3. The molecule has 5 aliphatic carbocycles. The largest absolute Gasteiger partial charge is 0.332 e. The Bertz CT molecular complexity index is 1020. The maximum Gasteiger partial charge on any atom is 0.258 e. The molecular weight excluding hydrogens is 386 g/mol. The van der Waals surface area contributed by atoms with Crippen molar-refractivity contribution in [2.45, 2.75) is 83.2 Å². The minimum Gasteiger partial charge on any atom is -0.332 e. The Balaban J connectivity index is 1.34. The van der Waals surface area contributed by atoms with Gasteiger partial charge in [0.25, 0.3) is 5.56 Å². The molecule has 1 N–H and O–H groups in total. The van der Waals surface area contributed by atoms with Gasteiger partial charge in [0, 0.05) is 6.04 Å². The summed E-state index contributed by atoms with van der Waals surface area (Å²) < 4.78 is 0. The Morgan fingerprint density at radius 1 is 1.00 bits per heavy atom. The van der Waals surface area contributed by atoms with Crippen LogP contribution in [-0.4, -0.2) is 26.8 Å². The highest BCUT2D eigenvalue weighted by Gasteiger charge is 2.56. The summed E-state index contributed by atoms with van der Waals surface area (Å²) >= 11 is 0. The minimum absolute atomic E-state index is 0.105. The van der Waals surface area contributed by atoms with Gasteiger partial charge in [0.05, 0.1) is 22.9 Å². The average molecular weight is 420 g/mol. The molecule has 0 unspecified atom stereocenters. The molecule has 0 spiro atoms. The number of hydrogen-bond acceptors (Lipinski definition) is 3. The fourth-order valence-corrected chi connectivity index (χ4v) is 7.81. The lowest BCUT2D eigenvalue weighted by Gasteiger charge is -2.57. The van der Waals surface area contributed by atoms with Crippen LogP contribution in [0.15, 0.2) is 29.1 Å². The maximum atomic E-state index is 14.3. The lowest BCUT2D eigenvalue weighted by Crippen LogP contribution is -2.56. The first kappa shape index (κ1) is 19.5. The second-order valence-electron chi connectivity index (χ2n) is 11.0. The number of amides is 1. The van der Waals surface area contributed by atoms with Gasteiger partial charge in [-0.2, -0.15) is 0 Å². The van der Waals surface area contributed by atoms with Crippen molar-refractivity contribution in [3.8, 4) is 0 Å². The van der Waals surface area contributed by atoms with Crippen molar-refractivity contribution in [2.24, 2.45) is 23.2 Å². The number of carbonyl (C=O) groups is 1. The van der Waals surface area contributed by atoms with Gasteiger partial charge >= 0.3 is 0 Å². The Labute approximate surface area is 183 Å². The molecule has 0 radical (unpaired) electrons. The summed E-state index contributed by atoms with van der Waals surface area (Å²) in [5, 5.41) is 0.614. The Kier molecular flexibility index (Phi) is 4.69. The molecule has 5 aliphatic rings. The number of nitrogens with zero attached hydrogens (tertiary/aromatic N) is 2. The molecular formula is C26H33N3O2. The zero-order valence-corrected chi connectivity index (χ0v) is 18.3. The zero-order valence-electron chi connectivity index (χ0n) is 18.3. The van der Waals surface area contributed by atoms with E-state index in [1.807, 2.05) is 24.3 Å². The topological polar surface area (TPSA) is 66.1 Å². The number of aromatic nitrogens is 2. The molecule has 1 aromatic carbocycles. The summed E-state index contributed by atoms with van der Waals surface area (Å²) in [4.78, 5) is 36.8. The van der Waals surface area contributed by atoms with E-state index in [1.54, 1.807) is 0 Å². The van der Waals surface area contributed by atoms with Crippen LogP contribution in [0.5, 0.6) is 0 Å². The summed E-state index contributed by atoms with van der Waals surface area (Å²) in [7, 11) is 0. The lowest BCUT2D eigenvalue weighted by molar-refractivity contribution is -0.161. The molecule has 2 aromatic rings. The standard InChI is InChI=1S/C26H33N3O2/c30-24-21-8-4-5-9-22(21)27-23(28-24)16-29(20-6-2-1-3-7-20)25(31)26-13-17-10-18(14-26)12-19(11-17)15-26/h4-5,8-9,17-20H,1-3,6-7,10-16H2,(H,27,28,30). The van der Waals surface area contributed by atoms with Crippen molar-refractivity contribution in [3.63, 3.8) is 0 Å². The third-order valence-electron chi connectivity index (χ3n) is 8.75. The number of hydrogen-bond donors (Lipinski definition) is 1. The first-order valence-corrected chi connectivity index (χ1v) is 12.4. The first-order chi connectivity index (χ1) is 15.1. The van der Waals surface area contributed by atoms with Crippen molar-refractivity contribution in [2.75, 3.05) is 0 Å². The van der Waals surface area contributed by atoms with Crippen molar-refractivity contribution in [3.05, 3.63) is 40.4 Å². The second kappa shape index (κ2) is 7.46. The number of fused-ring (bicyclic) bond motifs is 1. The van der Waals surface area contributed by atoms with E-state index in [9.17, 15) is 9.59 Å². The fraction of sp³-hybridized carbons (Fsp3) is 0.654. The fourth-order valence-electron chi connectivity index (χ4n) is 7.81. The third kappa shape index (κ3) is 3.41. The van der Waals surface area contributed by atoms with Crippen LogP contribution in [0.2, 0.25) is 0 Å². The van der Waals surface area contributed by atoms with Crippen LogP contribution in [0.1, 0.15) is 76.5 Å². The summed E-state index contributed by atoms with van der Waals surface area (Å²) in [5.41, 5.74) is 0.460. The summed E-state index contributed by atoms with van der Waals surface area (Å²) in [5.74, 6) is 3.26. The van der Waals surface area contributed by atoms with Crippen LogP contribution in [-0.2, 0) is 11.3 Å². The molecule has 7 rings (SSSR count). The second-order valence-corrected chi connectivity index (χ2v) is 11.0. The van der Waals surface area contributed by atoms with Crippen molar-refractivity contribution >= 4 is 16.8 Å². The van der Waals surface area contributed by atoms with Crippen LogP contribution >= 0.6 is 0 Å². The monoisotopic (exact) mass is 419 g/mol. The van der Waals surface area contributed by atoms with Crippen LogP contribution in [0.3, 0.4) is 0 Å². The highest BCUT2D eigenvalue weighted by molar-refractivity contribution is 5.84. The molecule has 1 aromatic heterocycles. The molecule has 31 heavy (non-hydrogen) atoms. The molecule has 5 heteroatoms. The van der Waals surface area contributed by atoms with Crippen molar-refractivity contribution < 1.29 is 4.79 Å². The van der Waals surface area contributed by atoms with Crippen molar-refractivity contribution in [1.82, 2.24) is 14.9 Å². The van der Waals surface area contributed by atoms with E-state index >= 15 is 0 Å². The van der Waals surface area contributed by atoms with E-state index in [-0.39, 0.29) is 17.0 Å². The third-order valence-corrected chi connectivity index (χ3v) is 8.75. The molecule has 5 nitrogen and oxygen atoms in total. The highest BCUT2D eigenvalue weighted by atomic mass is 16.2. The van der Waals surface area contributed by atoms with Crippen LogP contribution < -0.4 is 5.56 Å². The Hall–Kier alpha value is -2.17. The lowest BCUT2D eigenvalue weighted by atomic mass is 9.49. The first-order valence-electron chi connectivity index (χ1n) is 12.4. The molecule has 0 saturated heterocycles. The molecule has 1 amide bonds. The number of para-hydroxylation sites is 1. The van der Waals surface area contributed by atoms with Gasteiger partial charge in [-0.3, -0.25) is 9.59 Å². The van der Waals surface area contributed by atoms with Crippen LogP contribution in [0.4, 0.5) is 0 Å². The molecule has 0 atom stereocenters. The molecule has 1 heterocycles. The zero-order chi connectivity index (χ0) is 21.0. The quantitative estimate of drug-likeness (QED) is 0.774. The van der Waals surface area contributed by atoms with E-state index < -0.39 is 0 Å². The summed E-state index contributed by atoms with van der Waals surface area (Å²) in [6, 6.07) is 7.76. The van der Waals surface area contributed by atoms with E-state index in [0.717, 1.165) is 49.9 Å². The van der Waals surface area contributed by atoms with Crippen LogP contribution in [0, 0.1) is 23.2 Å². The Morgan fingerprint density at radius 3 is 2.32 bits per heavy atom. The van der Waals surface area contributed by atoms with Gasteiger partial charge in [-0.15, -0.1) is 0 Å². The number of rotatable bonds is 4. The number of nitrogens with one attached hydrogen (secondary N) is 1. The normalized spacial score (nSPS) is 32.5. The van der Waals surface area contributed by atoms with Gasteiger partial charge in [-0.1, -0.05) is 31.4 Å². The van der Waals surface area contributed by atoms with E-state index in [4.69, 9.17) is 4.98 Å². The Morgan fingerprint density at radius 2 is 1.65 bits per heavy atom. The molecule has 5 fully saturated rings. The van der Waals surface area contributed by atoms with Gasteiger partial charge in [-0.05, 0) is 81.3 Å². The molecule has 4 bridgehead atoms. The number of H-pyrrole nitrogens is 1. The number of benzene rings is 1. The van der Waals surface area contributed by atoms with Gasteiger partial charge in [0.15, 0.2) is 0 Å². The minimum atomic E-state index is -0.149. The molecule has 5 saturated carbocycles. The van der Waals surface area contributed by atoms with Crippen molar-refractivity contribution in [1.29, 1.82) is 0 Å². The smallest absolute Gasteiger partial charge is 0.258 e. The number of carbonyl (C=O) groups excluding carboxylic acids is 1. The van der Waals surface area contributed by atoms with Gasteiger partial charge in [0.2, 0.25) is 5.91 Å². The molecule has 164 valence electrons. The highest BCUT2D eigenvalue weighted by Crippen LogP contribution is 2.60. The summed E-state index contributed by atoms with van der Waals surface area (Å²) in [6.45, 7) is 0.436. The SMILES string of the molecule is O=C(N(Cc1nc2ccccc2c(=O)[nH]1)C1CCCCC1)C12CC3CC(CC(C3)C1)C2. The average Bonchev–Trinajstić information content (AvgIpc) is 2.77. The van der Waals surface area contributed by atoms with E-state index in [2.05, 4.69) is 9.88 Å². The van der Waals surface area contributed by atoms with Gasteiger partial charge in [-0.25, -0.2) is 4.98 Å². The number of aromatic amines is 1. The molecule has 0 aliphatic heterocycles. The van der Waals surface area contributed by atoms with E-state index in [1.165, 1.54) is 38.5 Å². The van der Waals surface area contributed by atoms with E-state index in [0.29, 0.717) is 29.2 Å². The predicted octanol–water partition coefficient (Wildman–Crippen LogP) is 4.80. The summed E-state index contributed by atoms with van der Waals surface area (Å²) in [6.07, 6.45) is 13.1.